The lowest BCUT2D eigenvalue weighted by Crippen LogP contribution is -2.16. The Balaban J connectivity index is 1.82. The van der Waals surface area contributed by atoms with Crippen molar-refractivity contribution >= 4 is 5.97 Å². The lowest BCUT2D eigenvalue weighted by atomic mass is 9.85. The van der Waals surface area contributed by atoms with Crippen molar-refractivity contribution < 1.29 is 28.5 Å². The normalized spacial score (nSPS) is 12.6. The van der Waals surface area contributed by atoms with Crippen molar-refractivity contribution in [2.24, 2.45) is 5.92 Å². The molecule has 0 saturated carbocycles. The number of ether oxygens (including phenoxy) is 3. The second-order valence-corrected chi connectivity index (χ2v) is 8.72. The van der Waals surface area contributed by atoms with Crippen LogP contribution in [0.2, 0.25) is 0 Å². The van der Waals surface area contributed by atoms with E-state index in [2.05, 4.69) is 0 Å². The first kappa shape index (κ1) is 26.2. The van der Waals surface area contributed by atoms with E-state index >= 15 is 0 Å². The van der Waals surface area contributed by atoms with Crippen LogP contribution in [0.4, 0.5) is 4.39 Å². The largest absolute Gasteiger partial charge is 0.496 e. The molecular weight excluding hydrogens is 447 g/mol. The lowest BCUT2D eigenvalue weighted by Gasteiger charge is -2.25. The molecule has 0 aliphatic heterocycles. The summed E-state index contributed by atoms with van der Waals surface area (Å²) in [6.45, 7) is 3.28. The highest BCUT2D eigenvalue weighted by atomic mass is 19.1. The molecular formula is C29H33FO5. The molecule has 3 rings (SSSR count). The highest BCUT2D eigenvalue weighted by Gasteiger charge is 2.24. The maximum absolute atomic E-state index is 13.6. The van der Waals surface area contributed by atoms with Gasteiger partial charge >= 0.3 is 5.97 Å². The fourth-order valence-electron chi connectivity index (χ4n) is 4.34. The van der Waals surface area contributed by atoms with E-state index < -0.39 is 6.10 Å². The van der Waals surface area contributed by atoms with Gasteiger partial charge in [-0.3, -0.25) is 4.79 Å². The highest BCUT2D eigenvalue weighted by Crippen LogP contribution is 2.37. The van der Waals surface area contributed by atoms with Gasteiger partial charge in [-0.05, 0) is 91.6 Å². The molecule has 0 radical (unpaired) electrons. The molecule has 0 heterocycles. The second kappa shape index (κ2) is 12.4. The van der Waals surface area contributed by atoms with E-state index in [1.165, 1.54) is 13.0 Å². The minimum atomic E-state index is -0.765. The first-order chi connectivity index (χ1) is 16.8. The molecule has 35 heavy (non-hydrogen) atoms. The smallest absolute Gasteiger partial charge is 0.308 e. The molecule has 186 valence electrons. The van der Waals surface area contributed by atoms with E-state index in [1.54, 1.807) is 38.5 Å². The van der Waals surface area contributed by atoms with Gasteiger partial charge in [0, 0.05) is 12.5 Å². The second-order valence-electron chi connectivity index (χ2n) is 8.72. The number of aliphatic hydroxyl groups is 1. The molecule has 5 nitrogen and oxygen atoms in total. The molecule has 2 unspecified atom stereocenters. The van der Waals surface area contributed by atoms with Crippen LogP contribution in [0.15, 0.2) is 60.7 Å². The van der Waals surface area contributed by atoms with Crippen molar-refractivity contribution in [2.45, 2.75) is 45.6 Å². The molecule has 0 amide bonds. The third kappa shape index (κ3) is 7.30. The van der Waals surface area contributed by atoms with Crippen molar-refractivity contribution in [2.75, 3.05) is 14.2 Å². The fraction of sp³-hybridized carbons (Fsp3) is 0.345. The number of methoxy groups -OCH3 is 2. The average Bonchev–Trinajstić information content (AvgIpc) is 2.84. The summed E-state index contributed by atoms with van der Waals surface area (Å²) in [5.41, 5.74) is 3.54. The average molecular weight is 481 g/mol. The molecule has 0 spiro atoms. The lowest BCUT2D eigenvalue weighted by molar-refractivity contribution is -0.131. The van der Waals surface area contributed by atoms with Gasteiger partial charge in [0.2, 0.25) is 0 Å². The van der Waals surface area contributed by atoms with E-state index in [0.717, 1.165) is 35.1 Å². The van der Waals surface area contributed by atoms with Crippen molar-refractivity contribution in [1.29, 1.82) is 0 Å². The van der Waals surface area contributed by atoms with Crippen LogP contribution in [0.1, 0.15) is 48.1 Å². The number of halogens is 1. The SMILES string of the molecule is COc1cc(C(O)C(CCCc2cccc(F)c2)Cc2ccc(OC(C)=O)cc2)cc(OC)c1C. The molecule has 0 saturated heterocycles. The predicted molar refractivity (Wildman–Crippen MR) is 134 cm³/mol. The van der Waals surface area contributed by atoms with Gasteiger partial charge in [-0.15, -0.1) is 0 Å². The summed E-state index contributed by atoms with van der Waals surface area (Å²) < 4.78 is 29.7. The van der Waals surface area contributed by atoms with Crippen LogP contribution in [-0.4, -0.2) is 25.3 Å². The number of benzene rings is 3. The van der Waals surface area contributed by atoms with Crippen molar-refractivity contribution in [3.63, 3.8) is 0 Å². The van der Waals surface area contributed by atoms with Gasteiger partial charge in [0.1, 0.15) is 23.1 Å². The Morgan fingerprint density at radius 2 is 1.63 bits per heavy atom. The molecule has 3 aromatic carbocycles. The topological polar surface area (TPSA) is 65.0 Å². The number of aliphatic hydroxyl groups excluding tert-OH is 1. The van der Waals surface area contributed by atoms with Gasteiger partial charge in [0.05, 0.1) is 20.3 Å². The Labute approximate surface area is 206 Å². The first-order valence-electron chi connectivity index (χ1n) is 11.7. The molecule has 0 bridgehead atoms. The van der Waals surface area contributed by atoms with Crippen LogP contribution in [0.3, 0.4) is 0 Å². The maximum atomic E-state index is 13.6. The van der Waals surface area contributed by atoms with Crippen molar-refractivity contribution in [3.05, 3.63) is 88.7 Å². The van der Waals surface area contributed by atoms with Crippen LogP contribution in [-0.2, 0) is 17.6 Å². The monoisotopic (exact) mass is 480 g/mol. The molecule has 3 aromatic rings. The zero-order valence-corrected chi connectivity index (χ0v) is 20.7. The standard InChI is InChI=1S/C29H33FO5/c1-19-27(33-3)17-24(18-28(19)34-4)29(32)23(9-5-7-21-8-6-10-25(30)16-21)15-22-11-13-26(14-12-22)35-20(2)31/h6,8,10-14,16-18,23,29,32H,5,7,9,15H2,1-4H3. The van der Waals surface area contributed by atoms with Gasteiger partial charge < -0.3 is 19.3 Å². The number of carbonyl (C=O) groups excluding carboxylic acids is 1. The maximum Gasteiger partial charge on any atom is 0.308 e. The molecule has 0 aliphatic rings. The predicted octanol–water partition coefficient (Wildman–Crippen LogP) is 5.99. The zero-order chi connectivity index (χ0) is 25.4. The third-order valence-electron chi connectivity index (χ3n) is 6.17. The van der Waals surface area contributed by atoms with Gasteiger partial charge in [-0.25, -0.2) is 4.39 Å². The molecule has 0 aromatic heterocycles. The first-order valence-corrected chi connectivity index (χ1v) is 11.7. The zero-order valence-electron chi connectivity index (χ0n) is 20.7. The number of hydrogen-bond acceptors (Lipinski definition) is 5. The van der Waals surface area contributed by atoms with Gasteiger partial charge in [0.25, 0.3) is 0 Å². The van der Waals surface area contributed by atoms with Crippen molar-refractivity contribution in [1.82, 2.24) is 0 Å². The number of carbonyl (C=O) groups is 1. The van der Waals surface area contributed by atoms with Crippen LogP contribution in [0, 0.1) is 18.7 Å². The Morgan fingerprint density at radius 1 is 0.971 bits per heavy atom. The molecule has 6 heteroatoms. The molecule has 0 fully saturated rings. The quantitative estimate of drug-likeness (QED) is 0.270. The minimum Gasteiger partial charge on any atom is -0.496 e. The summed E-state index contributed by atoms with van der Waals surface area (Å²) in [4.78, 5) is 11.2. The molecule has 1 N–H and O–H groups in total. The summed E-state index contributed by atoms with van der Waals surface area (Å²) in [6, 6.07) is 17.6. The van der Waals surface area contributed by atoms with Gasteiger partial charge in [-0.2, -0.15) is 0 Å². The Hall–Kier alpha value is -3.38. The van der Waals surface area contributed by atoms with E-state index in [4.69, 9.17) is 14.2 Å². The number of esters is 1. The van der Waals surface area contributed by atoms with Crippen molar-refractivity contribution in [3.8, 4) is 17.2 Å². The Morgan fingerprint density at radius 3 is 2.20 bits per heavy atom. The Bertz CT molecular complexity index is 1100. The van der Waals surface area contributed by atoms with Crippen LogP contribution in [0.5, 0.6) is 17.2 Å². The summed E-state index contributed by atoms with van der Waals surface area (Å²) >= 11 is 0. The van der Waals surface area contributed by atoms with Crippen LogP contribution in [0.25, 0.3) is 0 Å². The minimum absolute atomic E-state index is 0.111. The van der Waals surface area contributed by atoms with Crippen LogP contribution >= 0.6 is 0 Å². The number of aryl methyl sites for hydroxylation is 1. The summed E-state index contributed by atoms with van der Waals surface area (Å²) in [7, 11) is 3.19. The summed E-state index contributed by atoms with van der Waals surface area (Å²) in [5, 5.41) is 11.4. The summed E-state index contributed by atoms with van der Waals surface area (Å²) in [6.07, 6.45) is 2.08. The van der Waals surface area contributed by atoms with E-state index in [1.807, 2.05) is 37.3 Å². The third-order valence-corrected chi connectivity index (χ3v) is 6.17. The van der Waals surface area contributed by atoms with E-state index in [9.17, 15) is 14.3 Å². The number of rotatable bonds is 11. The highest BCUT2D eigenvalue weighted by molar-refractivity contribution is 5.69. The van der Waals surface area contributed by atoms with Gasteiger partial charge in [-0.1, -0.05) is 24.3 Å². The van der Waals surface area contributed by atoms with Crippen LogP contribution < -0.4 is 14.2 Å². The molecule has 2 atom stereocenters. The molecule has 0 aliphatic carbocycles. The van der Waals surface area contributed by atoms with Gasteiger partial charge in [0.15, 0.2) is 0 Å². The summed E-state index contributed by atoms with van der Waals surface area (Å²) in [5.74, 6) is 1.07. The van der Waals surface area contributed by atoms with E-state index in [-0.39, 0.29) is 17.7 Å². The Kier molecular flexibility index (Phi) is 9.26. The number of hydrogen-bond donors (Lipinski definition) is 1. The van der Waals surface area contributed by atoms with E-state index in [0.29, 0.717) is 30.1 Å². The fourth-order valence-corrected chi connectivity index (χ4v) is 4.34.